The highest BCUT2D eigenvalue weighted by atomic mass is 79.9. The SMILES string of the molecule is COc1nc(N2CCC3(CCN(C(=O)OC(C)(C)C)CC3)C2=O)ccc1Br. The first-order valence-corrected chi connectivity index (χ1v) is 9.95. The van der Waals surface area contributed by atoms with Crippen LogP contribution >= 0.6 is 15.9 Å². The van der Waals surface area contributed by atoms with Crippen LogP contribution < -0.4 is 9.64 Å². The zero-order valence-corrected chi connectivity index (χ0v) is 17.8. The molecule has 0 bridgehead atoms. The summed E-state index contributed by atoms with van der Waals surface area (Å²) in [7, 11) is 1.55. The number of likely N-dealkylation sites (tertiary alicyclic amines) is 1. The maximum absolute atomic E-state index is 13.2. The molecule has 2 saturated heterocycles. The van der Waals surface area contributed by atoms with Gasteiger partial charge in [-0.15, -0.1) is 0 Å². The smallest absolute Gasteiger partial charge is 0.410 e. The normalized spacial score (nSPS) is 19.5. The van der Waals surface area contributed by atoms with Gasteiger partial charge in [0.25, 0.3) is 0 Å². The summed E-state index contributed by atoms with van der Waals surface area (Å²) in [6, 6.07) is 3.66. The van der Waals surface area contributed by atoms with E-state index in [0.717, 1.165) is 10.9 Å². The van der Waals surface area contributed by atoms with Crippen LogP contribution in [0.5, 0.6) is 5.88 Å². The Morgan fingerprint density at radius 1 is 1.19 bits per heavy atom. The average molecular weight is 440 g/mol. The molecule has 0 radical (unpaired) electrons. The summed E-state index contributed by atoms with van der Waals surface area (Å²) >= 11 is 3.38. The molecule has 0 unspecified atom stereocenters. The van der Waals surface area contributed by atoms with Gasteiger partial charge in [0.15, 0.2) is 0 Å². The van der Waals surface area contributed by atoms with E-state index in [2.05, 4.69) is 20.9 Å². The third kappa shape index (κ3) is 4.05. The van der Waals surface area contributed by atoms with Crippen LogP contribution in [-0.2, 0) is 9.53 Å². The summed E-state index contributed by atoms with van der Waals surface area (Å²) in [6.07, 6.45) is 1.76. The highest BCUT2D eigenvalue weighted by Crippen LogP contribution is 2.43. The molecule has 8 heteroatoms. The van der Waals surface area contributed by atoms with Crippen molar-refractivity contribution in [1.29, 1.82) is 0 Å². The minimum absolute atomic E-state index is 0.0863. The van der Waals surface area contributed by atoms with Gasteiger partial charge in [-0.2, -0.15) is 4.98 Å². The van der Waals surface area contributed by atoms with Gasteiger partial charge in [0, 0.05) is 19.6 Å². The van der Waals surface area contributed by atoms with Gasteiger partial charge in [-0.25, -0.2) is 4.79 Å². The molecule has 0 atom stereocenters. The highest BCUT2D eigenvalue weighted by Gasteiger charge is 2.49. The average Bonchev–Trinajstić information content (AvgIpc) is 2.91. The lowest BCUT2D eigenvalue weighted by atomic mass is 9.77. The number of amides is 2. The second kappa shape index (κ2) is 7.30. The molecule has 0 aliphatic carbocycles. The van der Waals surface area contributed by atoms with Gasteiger partial charge < -0.3 is 14.4 Å². The fourth-order valence-corrected chi connectivity index (χ4v) is 4.04. The number of pyridine rings is 1. The van der Waals surface area contributed by atoms with Crippen molar-refractivity contribution in [3.8, 4) is 5.88 Å². The van der Waals surface area contributed by atoms with E-state index in [9.17, 15) is 9.59 Å². The molecule has 0 N–H and O–H groups in total. The summed E-state index contributed by atoms with van der Waals surface area (Å²) < 4.78 is 11.4. The summed E-state index contributed by atoms with van der Waals surface area (Å²) in [4.78, 5) is 33.3. The number of hydrogen-bond acceptors (Lipinski definition) is 5. The van der Waals surface area contributed by atoms with Crippen molar-refractivity contribution < 1.29 is 19.1 Å². The van der Waals surface area contributed by atoms with E-state index in [1.54, 1.807) is 16.9 Å². The van der Waals surface area contributed by atoms with Crippen molar-refractivity contribution >= 4 is 33.7 Å². The van der Waals surface area contributed by atoms with Crippen LogP contribution in [0.1, 0.15) is 40.0 Å². The van der Waals surface area contributed by atoms with Crippen LogP contribution in [0.2, 0.25) is 0 Å². The molecule has 2 aliphatic heterocycles. The molecule has 1 aromatic heterocycles. The Kier molecular flexibility index (Phi) is 5.38. The lowest BCUT2D eigenvalue weighted by Gasteiger charge is -2.38. The number of anilines is 1. The molecule has 0 saturated carbocycles. The van der Waals surface area contributed by atoms with E-state index >= 15 is 0 Å². The van der Waals surface area contributed by atoms with Crippen LogP contribution in [0, 0.1) is 5.41 Å². The number of hydrogen-bond donors (Lipinski definition) is 0. The Morgan fingerprint density at radius 2 is 1.81 bits per heavy atom. The molecule has 2 aliphatic rings. The molecule has 27 heavy (non-hydrogen) atoms. The lowest BCUT2D eigenvalue weighted by Crippen LogP contribution is -2.48. The van der Waals surface area contributed by atoms with E-state index < -0.39 is 11.0 Å². The molecule has 7 nitrogen and oxygen atoms in total. The van der Waals surface area contributed by atoms with Crippen LogP contribution in [0.15, 0.2) is 16.6 Å². The number of halogens is 1. The predicted octanol–water partition coefficient (Wildman–Crippen LogP) is 3.61. The third-order valence-corrected chi connectivity index (χ3v) is 5.76. The maximum Gasteiger partial charge on any atom is 0.410 e. The maximum atomic E-state index is 13.2. The van der Waals surface area contributed by atoms with Crippen molar-refractivity contribution in [3.05, 3.63) is 16.6 Å². The number of methoxy groups -OCH3 is 1. The quantitative estimate of drug-likeness (QED) is 0.703. The van der Waals surface area contributed by atoms with Gasteiger partial charge in [0.1, 0.15) is 11.4 Å². The molecular weight excluding hydrogens is 414 g/mol. The van der Waals surface area contributed by atoms with Gasteiger partial charge in [-0.3, -0.25) is 9.69 Å². The summed E-state index contributed by atoms with van der Waals surface area (Å²) in [5, 5.41) is 0. The zero-order valence-electron chi connectivity index (χ0n) is 16.2. The summed E-state index contributed by atoms with van der Waals surface area (Å²) in [5.74, 6) is 1.15. The fraction of sp³-hybridized carbons (Fsp3) is 0.632. The van der Waals surface area contributed by atoms with Crippen molar-refractivity contribution in [2.45, 2.75) is 45.6 Å². The van der Waals surface area contributed by atoms with Crippen LogP contribution in [0.25, 0.3) is 0 Å². The molecule has 2 amide bonds. The largest absolute Gasteiger partial charge is 0.480 e. The zero-order chi connectivity index (χ0) is 19.8. The van der Waals surface area contributed by atoms with E-state index in [0.29, 0.717) is 44.2 Å². The second-order valence-corrected chi connectivity index (χ2v) is 8.97. The topological polar surface area (TPSA) is 72.0 Å². The van der Waals surface area contributed by atoms with E-state index in [1.165, 1.54) is 0 Å². The number of nitrogens with zero attached hydrogens (tertiary/aromatic N) is 3. The Labute approximate surface area is 168 Å². The minimum Gasteiger partial charge on any atom is -0.480 e. The van der Waals surface area contributed by atoms with Crippen molar-refractivity contribution in [2.24, 2.45) is 5.41 Å². The molecular formula is C19H26BrN3O4. The van der Waals surface area contributed by atoms with Crippen LogP contribution in [0.4, 0.5) is 10.6 Å². The number of carbonyl (C=O) groups is 2. The molecule has 1 aromatic rings. The second-order valence-electron chi connectivity index (χ2n) is 8.12. The lowest BCUT2D eigenvalue weighted by molar-refractivity contribution is -0.128. The Hall–Kier alpha value is -1.83. The van der Waals surface area contributed by atoms with Gasteiger partial charge in [-0.1, -0.05) is 0 Å². The van der Waals surface area contributed by atoms with Crippen molar-refractivity contribution in [2.75, 3.05) is 31.6 Å². The molecule has 1 spiro atoms. The van der Waals surface area contributed by atoms with Gasteiger partial charge >= 0.3 is 6.09 Å². The number of carbonyl (C=O) groups excluding carboxylic acids is 2. The van der Waals surface area contributed by atoms with Gasteiger partial charge in [0.05, 0.1) is 17.0 Å². The standard InChI is InChI=1S/C19H26BrN3O4/c1-18(2,3)27-17(25)22-10-7-19(8-11-22)9-12-23(16(19)24)14-6-5-13(20)15(21-14)26-4/h5-6H,7-12H2,1-4H3. The van der Waals surface area contributed by atoms with Crippen molar-refractivity contribution in [1.82, 2.24) is 9.88 Å². The monoisotopic (exact) mass is 439 g/mol. The van der Waals surface area contributed by atoms with Crippen molar-refractivity contribution in [3.63, 3.8) is 0 Å². The first-order chi connectivity index (χ1) is 12.6. The molecule has 2 fully saturated rings. The van der Waals surface area contributed by atoms with E-state index in [1.807, 2.05) is 32.9 Å². The third-order valence-electron chi connectivity index (χ3n) is 5.15. The van der Waals surface area contributed by atoms with Crippen LogP contribution in [0.3, 0.4) is 0 Å². The fourth-order valence-electron chi connectivity index (χ4n) is 3.65. The van der Waals surface area contributed by atoms with Gasteiger partial charge in [0.2, 0.25) is 11.8 Å². The summed E-state index contributed by atoms with van der Waals surface area (Å²) in [6.45, 7) is 7.26. The Balaban J connectivity index is 1.68. The number of aromatic nitrogens is 1. The van der Waals surface area contributed by atoms with E-state index in [4.69, 9.17) is 9.47 Å². The predicted molar refractivity (Wildman–Crippen MR) is 105 cm³/mol. The first kappa shape index (κ1) is 19.9. The minimum atomic E-state index is -0.515. The molecule has 0 aromatic carbocycles. The van der Waals surface area contributed by atoms with E-state index in [-0.39, 0.29) is 12.0 Å². The Morgan fingerprint density at radius 3 is 2.41 bits per heavy atom. The number of ether oxygens (including phenoxy) is 2. The number of piperidine rings is 1. The highest BCUT2D eigenvalue weighted by molar-refractivity contribution is 9.10. The molecule has 148 valence electrons. The summed E-state index contributed by atoms with van der Waals surface area (Å²) in [5.41, 5.74) is -0.932. The van der Waals surface area contributed by atoms with Crippen LogP contribution in [-0.4, -0.2) is 54.2 Å². The van der Waals surface area contributed by atoms with Gasteiger partial charge in [-0.05, 0) is 68.1 Å². The first-order valence-electron chi connectivity index (χ1n) is 9.16. The molecule has 3 heterocycles. The molecule has 3 rings (SSSR count). The Bertz CT molecular complexity index is 739. The number of rotatable bonds is 2.